The average Bonchev–Trinajstić information content (AvgIpc) is 2.62. The number of nitrogens with two attached hydrogens (primary N) is 1. The predicted molar refractivity (Wildman–Crippen MR) is 63.0 cm³/mol. The van der Waals surface area contributed by atoms with Crippen LogP contribution in [-0.2, 0) is 0 Å². The number of benzene rings is 1. The Morgan fingerprint density at radius 2 is 2.44 bits per heavy atom. The Morgan fingerprint density at radius 3 is 3.12 bits per heavy atom. The van der Waals surface area contributed by atoms with Crippen LogP contribution in [0.2, 0.25) is 0 Å². The first kappa shape index (κ1) is 11.2. The molecule has 0 bridgehead atoms. The van der Waals surface area contributed by atoms with Crippen LogP contribution in [0.15, 0.2) is 21.6 Å². The van der Waals surface area contributed by atoms with Gasteiger partial charge in [-0.25, -0.2) is 4.39 Å². The summed E-state index contributed by atoms with van der Waals surface area (Å²) < 4.78 is 19.0. The lowest BCUT2D eigenvalue weighted by molar-refractivity contribution is 0.323. The molecule has 0 fully saturated rings. The minimum Gasteiger partial charge on any atom is -0.491 e. The molecule has 1 aromatic carbocycles. The van der Waals surface area contributed by atoms with E-state index in [1.165, 1.54) is 6.07 Å². The Bertz CT molecular complexity index is 450. The number of halogens is 2. The van der Waals surface area contributed by atoms with Crippen molar-refractivity contribution in [3.63, 3.8) is 0 Å². The predicted octanol–water partition coefficient (Wildman–Crippen LogP) is 1.56. The molecule has 1 atom stereocenters. The molecular weight excluding hydrogens is 277 g/mol. The first-order valence-corrected chi connectivity index (χ1v) is 5.51. The van der Waals surface area contributed by atoms with Crippen LogP contribution < -0.4 is 15.8 Å². The summed E-state index contributed by atoms with van der Waals surface area (Å²) >= 11 is 3.14. The molecular formula is C10H11BrFN3O. The highest BCUT2D eigenvalue weighted by Gasteiger charge is 2.26. The van der Waals surface area contributed by atoms with Crippen LogP contribution in [0.4, 0.5) is 4.39 Å². The van der Waals surface area contributed by atoms with Gasteiger partial charge in [-0.1, -0.05) is 0 Å². The maximum absolute atomic E-state index is 13.2. The quantitative estimate of drug-likeness (QED) is 0.609. The number of hydrogen-bond acceptors (Lipinski definition) is 2. The second-order valence-electron chi connectivity index (χ2n) is 3.42. The summed E-state index contributed by atoms with van der Waals surface area (Å²) in [5.74, 6) is 0.542. The van der Waals surface area contributed by atoms with Gasteiger partial charge in [0.05, 0.1) is 10.5 Å². The van der Waals surface area contributed by atoms with E-state index in [4.69, 9.17) is 10.5 Å². The number of nitrogens with zero attached hydrogens (tertiary/aromatic N) is 1. The van der Waals surface area contributed by atoms with E-state index in [2.05, 4.69) is 26.2 Å². The van der Waals surface area contributed by atoms with Crippen LogP contribution in [0.3, 0.4) is 0 Å². The Kier molecular flexibility index (Phi) is 3.00. The van der Waals surface area contributed by atoms with Crippen molar-refractivity contribution in [1.29, 1.82) is 0 Å². The third kappa shape index (κ3) is 1.97. The third-order valence-corrected chi connectivity index (χ3v) is 3.00. The number of fused-ring (bicyclic) bond motifs is 1. The molecule has 0 amide bonds. The SMILES string of the molecule is CN=C(N)NC1COc2cc(F)c(Br)cc21. The van der Waals surface area contributed by atoms with Gasteiger partial charge >= 0.3 is 0 Å². The number of ether oxygens (including phenoxy) is 1. The number of hydrogen-bond donors (Lipinski definition) is 2. The second kappa shape index (κ2) is 4.29. The van der Waals surface area contributed by atoms with Gasteiger partial charge in [-0.05, 0) is 22.0 Å². The molecule has 16 heavy (non-hydrogen) atoms. The molecule has 2 rings (SSSR count). The maximum Gasteiger partial charge on any atom is 0.188 e. The Labute approximate surface area is 101 Å². The molecule has 0 saturated carbocycles. The highest BCUT2D eigenvalue weighted by atomic mass is 79.9. The molecule has 0 aromatic heterocycles. The molecule has 1 unspecified atom stereocenters. The molecule has 0 saturated heterocycles. The Morgan fingerprint density at radius 1 is 1.69 bits per heavy atom. The highest BCUT2D eigenvalue weighted by Crippen LogP contribution is 2.35. The van der Waals surface area contributed by atoms with E-state index in [1.807, 2.05) is 0 Å². The van der Waals surface area contributed by atoms with Crippen molar-refractivity contribution >= 4 is 21.9 Å². The zero-order chi connectivity index (χ0) is 11.7. The molecule has 1 aliphatic rings. The van der Waals surface area contributed by atoms with E-state index in [0.717, 1.165) is 5.56 Å². The molecule has 86 valence electrons. The number of guanidine groups is 1. The molecule has 1 aliphatic heterocycles. The smallest absolute Gasteiger partial charge is 0.188 e. The fraction of sp³-hybridized carbons (Fsp3) is 0.300. The van der Waals surface area contributed by atoms with Crippen molar-refractivity contribution in [3.8, 4) is 5.75 Å². The van der Waals surface area contributed by atoms with Gasteiger partial charge in [0.25, 0.3) is 0 Å². The minimum atomic E-state index is -0.337. The van der Waals surface area contributed by atoms with Gasteiger partial charge in [0.1, 0.15) is 18.2 Å². The first-order chi connectivity index (χ1) is 7.61. The lowest BCUT2D eigenvalue weighted by Crippen LogP contribution is -2.35. The van der Waals surface area contributed by atoms with Crippen molar-refractivity contribution in [3.05, 3.63) is 28.0 Å². The van der Waals surface area contributed by atoms with Crippen LogP contribution in [0.25, 0.3) is 0 Å². The Balaban J connectivity index is 2.29. The van der Waals surface area contributed by atoms with Gasteiger partial charge in [0.15, 0.2) is 5.96 Å². The molecule has 1 aromatic rings. The summed E-state index contributed by atoms with van der Waals surface area (Å²) in [5, 5.41) is 2.99. The maximum atomic E-state index is 13.2. The summed E-state index contributed by atoms with van der Waals surface area (Å²) in [5.41, 5.74) is 6.45. The molecule has 6 heteroatoms. The van der Waals surface area contributed by atoms with E-state index in [1.54, 1.807) is 13.1 Å². The first-order valence-electron chi connectivity index (χ1n) is 4.72. The van der Waals surface area contributed by atoms with Crippen LogP contribution in [0.1, 0.15) is 11.6 Å². The van der Waals surface area contributed by atoms with Gasteiger partial charge in [-0.2, -0.15) is 0 Å². The molecule has 1 heterocycles. The van der Waals surface area contributed by atoms with Gasteiger partial charge in [0, 0.05) is 18.7 Å². The summed E-state index contributed by atoms with van der Waals surface area (Å²) in [4.78, 5) is 3.81. The molecule has 0 radical (unpaired) electrons. The van der Waals surface area contributed by atoms with Crippen molar-refractivity contribution in [2.75, 3.05) is 13.7 Å². The molecule has 3 N–H and O–H groups in total. The van der Waals surface area contributed by atoms with Crippen LogP contribution >= 0.6 is 15.9 Å². The molecule has 0 spiro atoms. The average molecular weight is 288 g/mol. The lowest BCUT2D eigenvalue weighted by Gasteiger charge is -2.11. The highest BCUT2D eigenvalue weighted by molar-refractivity contribution is 9.10. The topological polar surface area (TPSA) is 59.6 Å². The standard InChI is InChI=1S/C10H11BrFN3O/c1-14-10(13)15-8-4-16-9-3-7(12)6(11)2-5(8)9/h2-3,8H,4H2,1H3,(H3,13,14,15). The lowest BCUT2D eigenvalue weighted by atomic mass is 10.1. The van der Waals surface area contributed by atoms with Crippen molar-refractivity contribution in [2.45, 2.75) is 6.04 Å². The van der Waals surface area contributed by atoms with E-state index in [-0.39, 0.29) is 11.9 Å². The molecule has 4 nitrogen and oxygen atoms in total. The zero-order valence-corrected chi connectivity index (χ0v) is 10.2. The fourth-order valence-corrected chi connectivity index (χ4v) is 1.93. The summed E-state index contributed by atoms with van der Waals surface area (Å²) in [6.45, 7) is 0.418. The van der Waals surface area contributed by atoms with Crippen molar-refractivity contribution < 1.29 is 9.13 Å². The van der Waals surface area contributed by atoms with E-state index >= 15 is 0 Å². The van der Waals surface area contributed by atoms with Gasteiger partial charge < -0.3 is 15.8 Å². The van der Waals surface area contributed by atoms with Gasteiger partial charge in [-0.15, -0.1) is 0 Å². The normalized spacial score (nSPS) is 19.2. The summed E-state index contributed by atoms with van der Waals surface area (Å²) in [6, 6.07) is 2.97. The summed E-state index contributed by atoms with van der Waals surface area (Å²) in [7, 11) is 1.60. The molecule has 0 aliphatic carbocycles. The number of rotatable bonds is 1. The van der Waals surface area contributed by atoms with E-state index < -0.39 is 0 Å². The number of aliphatic imine (C=N–C) groups is 1. The Hall–Kier alpha value is -1.30. The van der Waals surface area contributed by atoms with Crippen molar-refractivity contribution in [1.82, 2.24) is 5.32 Å². The monoisotopic (exact) mass is 287 g/mol. The van der Waals surface area contributed by atoms with Crippen LogP contribution in [-0.4, -0.2) is 19.6 Å². The zero-order valence-electron chi connectivity index (χ0n) is 8.63. The minimum absolute atomic E-state index is 0.0874. The fourth-order valence-electron chi connectivity index (χ4n) is 1.57. The van der Waals surface area contributed by atoms with E-state index in [9.17, 15) is 4.39 Å². The van der Waals surface area contributed by atoms with Crippen LogP contribution in [0.5, 0.6) is 5.75 Å². The third-order valence-electron chi connectivity index (χ3n) is 2.40. The largest absolute Gasteiger partial charge is 0.491 e. The van der Waals surface area contributed by atoms with Gasteiger partial charge in [-0.3, -0.25) is 4.99 Å². The summed E-state index contributed by atoms with van der Waals surface area (Å²) in [6.07, 6.45) is 0. The van der Waals surface area contributed by atoms with Crippen LogP contribution in [0, 0.1) is 5.82 Å². The van der Waals surface area contributed by atoms with E-state index in [0.29, 0.717) is 22.8 Å². The van der Waals surface area contributed by atoms with Gasteiger partial charge in [0.2, 0.25) is 0 Å². The van der Waals surface area contributed by atoms with Crippen molar-refractivity contribution in [2.24, 2.45) is 10.7 Å². The second-order valence-corrected chi connectivity index (χ2v) is 4.28. The number of nitrogens with one attached hydrogen (secondary N) is 1.